The SMILES string of the molecule is Cl[SiH](Cl)[c-]1cccc1.[Fe+2].c1cc[cH-]c1. The third kappa shape index (κ3) is 5.68. The van der Waals surface area contributed by atoms with Gasteiger partial charge in [0, 0.05) is 0 Å². The van der Waals surface area contributed by atoms with Crippen LogP contribution in [0, 0.1) is 0 Å². The molecule has 0 N–H and O–H groups in total. The molecule has 0 amide bonds. The van der Waals surface area contributed by atoms with Crippen LogP contribution in [0.2, 0.25) is 0 Å². The second kappa shape index (κ2) is 8.34. The molecular formula is C10H10Cl2FeSi. The first kappa shape index (κ1) is 14.0. The second-order valence-electron chi connectivity index (χ2n) is 2.48. The van der Waals surface area contributed by atoms with Gasteiger partial charge < -0.3 is 0 Å². The van der Waals surface area contributed by atoms with Crippen molar-refractivity contribution in [2.45, 2.75) is 0 Å². The maximum absolute atomic E-state index is 5.65. The van der Waals surface area contributed by atoms with Gasteiger partial charge >= 0.3 is 17.1 Å². The third-order valence-electron chi connectivity index (χ3n) is 1.50. The van der Waals surface area contributed by atoms with E-state index in [1.807, 2.05) is 54.6 Å². The van der Waals surface area contributed by atoms with Gasteiger partial charge in [-0.25, -0.2) is 24.3 Å². The fourth-order valence-corrected chi connectivity index (χ4v) is 2.24. The normalized spacial score (nSPS) is 8.79. The first-order valence-corrected chi connectivity index (χ1v) is 8.04. The summed E-state index contributed by atoms with van der Waals surface area (Å²) in [4.78, 5) is 0. The van der Waals surface area contributed by atoms with Crippen molar-refractivity contribution in [1.82, 2.24) is 0 Å². The van der Waals surface area contributed by atoms with E-state index in [4.69, 9.17) is 22.2 Å². The summed E-state index contributed by atoms with van der Waals surface area (Å²) in [6, 6.07) is 17.8. The molecule has 0 bridgehead atoms. The predicted molar refractivity (Wildman–Crippen MR) is 62.6 cm³/mol. The second-order valence-corrected chi connectivity index (χ2v) is 7.04. The molecule has 0 nitrogen and oxygen atoms in total. The van der Waals surface area contributed by atoms with Crippen LogP contribution in [-0.2, 0) is 17.1 Å². The van der Waals surface area contributed by atoms with Crippen LogP contribution in [0.15, 0.2) is 54.6 Å². The molecule has 2 aromatic carbocycles. The van der Waals surface area contributed by atoms with Crippen molar-refractivity contribution in [1.29, 1.82) is 0 Å². The van der Waals surface area contributed by atoms with Crippen molar-refractivity contribution in [2.75, 3.05) is 0 Å². The molecule has 14 heavy (non-hydrogen) atoms. The Hall–Kier alpha value is 0.0164. The molecule has 2 aromatic rings. The van der Waals surface area contributed by atoms with E-state index in [2.05, 4.69) is 0 Å². The van der Waals surface area contributed by atoms with Crippen LogP contribution in [0.25, 0.3) is 0 Å². The van der Waals surface area contributed by atoms with Crippen LogP contribution >= 0.6 is 22.2 Å². The van der Waals surface area contributed by atoms with Crippen molar-refractivity contribution < 1.29 is 17.1 Å². The van der Waals surface area contributed by atoms with Gasteiger partial charge in [0.05, 0.1) is 0 Å². The van der Waals surface area contributed by atoms with E-state index in [1.165, 1.54) is 0 Å². The molecule has 0 aliphatic carbocycles. The van der Waals surface area contributed by atoms with Crippen LogP contribution in [-0.4, -0.2) is 7.42 Å². The molecule has 0 aliphatic rings. The van der Waals surface area contributed by atoms with Gasteiger partial charge in [-0.15, -0.1) is 5.19 Å². The molecule has 0 aromatic heterocycles. The van der Waals surface area contributed by atoms with Crippen LogP contribution in [0.5, 0.6) is 0 Å². The van der Waals surface area contributed by atoms with E-state index in [0.717, 1.165) is 5.19 Å². The fraction of sp³-hybridized carbons (Fsp3) is 0. The molecule has 0 heterocycles. The zero-order chi connectivity index (χ0) is 9.52. The molecule has 0 aliphatic heterocycles. The largest absolute Gasteiger partial charge is 2.00 e. The van der Waals surface area contributed by atoms with E-state index in [9.17, 15) is 0 Å². The minimum Gasteiger partial charge on any atom is -0.214 e. The van der Waals surface area contributed by atoms with E-state index in [-0.39, 0.29) is 17.1 Å². The molecule has 0 saturated carbocycles. The molecule has 0 unspecified atom stereocenters. The Morgan fingerprint density at radius 3 is 1.64 bits per heavy atom. The maximum Gasteiger partial charge on any atom is 2.00 e. The zero-order valence-electron chi connectivity index (χ0n) is 7.38. The Kier molecular flexibility index (Phi) is 8.34. The van der Waals surface area contributed by atoms with Crippen LogP contribution < -0.4 is 5.19 Å². The Morgan fingerprint density at radius 1 is 0.929 bits per heavy atom. The molecule has 0 spiro atoms. The standard InChI is InChI=1S/C5H5Cl2Si.C5H5.Fe/c6-8(7)5-3-1-2-4-5;1-2-4-5-3-1;/h1-4,8H;1-5H;/q2*-1;+2. The molecule has 76 valence electrons. The molecule has 0 fully saturated rings. The van der Waals surface area contributed by atoms with Crippen molar-refractivity contribution in [3.8, 4) is 0 Å². The first-order chi connectivity index (χ1) is 6.30. The Bertz CT molecular complexity index is 273. The van der Waals surface area contributed by atoms with Gasteiger partial charge in [0.2, 0.25) is 7.42 Å². The third-order valence-corrected chi connectivity index (χ3v) is 3.90. The molecule has 0 atom stereocenters. The molecule has 0 saturated heterocycles. The van der Waals surface area contributed by atoms with Gasteiger partial charge in [0.15, 0.2) is 0 Å². The summed E-state index contributed by atoms with van der Waals surface area (Å²) in [5.74, 6) is 0. The van der Waals surface area contributed by atoms with Crippen molar-refractivity contribution >= 4 is 34.8 Å². The Morgan fingerprint density at radius 2 is 1.43 bits per heavy atom. The van der Waals surface area contributed by atoms with Gasteiger partial charge in [-0.05, 0) is 0 Å². The van der Waals surface area contributed by atoms with E-state index >= 15 is 0 Å². The van der Waals surface area contributed by atoms with E-state index in [0.29, 0.717) is 0 Å². The monoisotopic (exact) mass is 284 g/mol. The van der Waals surface area contributed by atoms with E-state index < -0.39 is 7.42 Å². The Balaban J connectivity index is 0.000000246. The van der Waals surface area contributed by atoms with Gasteiger partial charge in [-0.1, -0.05) is 0 Å². The smallest absolute Gasteiger partial charge is 0.214 e. The van der Waals surface area contributed by atoms with Gasteiger partial charge in [0.25, 0.3) is 0 Å². The summed E-state index contributed by atoms with van der Waals surface area (Å²) in [5.41, 5.74) is 0. The predicted octanol–water partition coefficient (Wildman–Crippen LogP) is 2.71. The summed E-state index contributed by atoms with van der Waals surface area (Å²) in [7, 11) is -1.54. The molecular weight excluding hydrogens is 275 g/mol. The topological polar surface area (TPSA) is 0 Å². The maximum atomic E-state index is 5.65. The number of hydrogen-bond acceptors (Lipinski definition) is 0. The van der Waals surface area contributed by atoms with E-state index in [1.54, 1.807) is 0 Å². The van der Waals surface area contributed by atoms with Crippen molar-refractivity contribution in [3.05, 3.63) is 54.6 Å². The van der Waals surface area contributed by atoms with Crippen molar-refractivity contribution in [3.63, 3.8) is 0 Å². The van der Waals surface area contributed by atoms with Crippen LogP contribution in [0.4, 0.5) is 0 Å². The summed E-state index contributed by atoms with van der Waals surface area (Å²) in [6.45, 7) is 0. The minimum atomic E-state index is -1.54. The van der Waals surface area contributed by atoms with Crippen molar-refractivity contribution in [2.24, 2.45) is 0 Å². The van der Waals surface area contributed by atoms with Gasteiger partial charge in [-0.3, -0.25) is 0 Å². The van der Waals surface area contributed by atoms with Gasteiger partial charge in [0.1, 0.15) is 0 Å². The van der Waals surface area contributed by atoms with Gasteiger partial charge in [-0.2, -0.15) is 52.5 Å². The van der Waals surface area contributed by atoms with Crippen LogP contribution in [0.3, 0.4) is 0 Å². The Labute approximate surface area is 106 Å². The fourth-order valence-electron chi connectivity index (χ4n) is 0.855. The average Bonchev–Trinajstić information content (AvgIpc) is 2.82. The quantitative estimate of drug-likeness (QED) is 0.429. The minimum absolute atomic E-state index is 0. The number of hydrogen-bond donors (Lipinski definition) is 0. The molecule has 2 rings (SSSR count). The molecule has 0 radical (unpaired) electrons. The van der Waals surface area contributed by atoms with Crippen LogP contribution in [0.1, 0.15) is 0 Å². The number of halogens is 2. The zero-order valence-corrected chi connectivity index (χ0v) is 11.2. The summed E-state index contributed by atoms with van der Waals surface area (Å²) < 4.78 is 0. The summed E-state index contributed by atoms with van der Waals surface area (Å²) in [5, 5.41) is 1.10. The first-order valence-electron chi connectivity index (χ1n) is 3.97. The number of rotatable bonds is 1. The molecule has 4 heteroatoms. The average molecular weight is 285 g/mol. The summed E-state index contributed by atoms with van der Waals surface area (Å²) >= 11 is 11.3. The summed E-state index contributed by atoms with van der Waals surface area (Å²) in [6.07, 6.45) is 0.